The summed E-state index contributed by atoms with van der Waals surface area (Å²) in [7, 11) is 0. The van der Waals surface area contributed by atoms with E-state index in [0.29, 0.717) is 28.5 Å². The van der Waals surface area contributed by atoms with Crippen LogP contribution in [0.25, 0.3) is 0 Å². The minimum Gasteiger partial charge on any atom is -0.504 e. The average Bonchev–Trinajstić information content (AvgIpc) is 3.24. The molecule has 3 saturated carbocycles. The van der Waals surface area contributed by atoms with E-state index in [9.17, 15) is 14.7 Å². The maximum atomic E-state index is 12.9. The van der Waals surface area contributed by atoms with Gasteiger partial charge in [-0.15, -0.1) is 11.3 Å². The third kappa shape index (κ3) is 2.97. The Morgan fingerprint density at radius 2 is 2.06 bits per heavy atom. The Morgan fingerprint density at radius 1 is 1.29 bits per heavy atom. The van der Waals surface area contributed by atoms with Crippen molar-refractivity contribution in [1.82, 2.24) is 4.98 Å². The van der Waals surface area contributed by atoms with E-state index in [1.54, 1.807) is 11.6 Å². The molecule has 0 bridgehead atoms. The largest absolute Gasteiger partial charge is 0.504 e. The fourth-order valence-corrected chi connectivity index (χ4v) is 8.20. The number of rotatable bonds is 2. The molecule has 0 aromatic carbocycles. The number of ketones is 1. The average molecular weight is 442 g/mol. The molecule has 31 heavy (non-hydrogen) atoms. The van der Waals surface area contributed by atoms with Crippen molar-refractivity contribution in [2.75, 3.05) is 0 Å². The predicted octanol–water partition coefficient (Wildman–Crippen LogP) is 5.42. The number of carbonyl (C=O) groups is 2. The number of ether oxygens (including phenoxy) is 1. The van der Waals surface area contributed by atoms with Crippen LogP contribution in [0.5, 0.6) is 0 Å². The molecular weight excluding hydrogens is 410 g/mol. The van der Waals surface area contributed by atoms with Crippen molar-refractivity contribution in [2.45, 2.75) is 65.9 Å². The summed E-state index contributed by atoms with van der Waals surface area (Å²) in [4.78, 5) is 29.8. The third-order valence-electron chi connectivity index (χ3n) is 9.04. The summed E-state index contributed by atoms with van der Waals surface area (Å²) in [5, 5.41) is 10.2. The molecule has 0 saturated heterocycles. The predicted molar refractivity (Wildman–Crippen MR) is 119 cm³/mol. The van der Waals surface area contributed by atoms with Crippen LogP contribution in [0.4, 0.5) is 0 Å². The highest BCUT2D eigenvalue weighted by molar-refractivity contribution is 7.11. The van der Waals surface area contributed by atoms with Crippen LogP contribution in [0.2, 0.25) is 0 Å². The minimum absolute atomic E-state index is 0.0390. The van der Waals surface area contributed by atoms with Crippen molar-refractivity contribution in [1.29, 1.82) is 0 Å². The standard InChI is InChI=1S/C25H31NO4S/c1-13-9-18-16-6-5-15-10-19(27)20(28)11-25(15,4)17(16)7-8-24(18,3)22(13)30-23(29)21-14(2)26-12-31-21/h10-13,16-18,22,28H,5-9H2,1-4H3/t13-,16-,17+,18+,22-,24+,25+/m1/s1. The van der Waals surface area contributed by atoms with Crippen LogP contribution >= 0.6 is 11.3 Å². The summed E-state index contributed by atoms with van der Waals surface area (Å²) in [6.07, 6.45) is 8.45. The molecule has 4 aliphatic carbocycles. The zero-order valence-electron chi connectivity index (χ0n) is 18.7. The maximum absolute atomic E-state index is 12.9. The molecule has 5 rings (SSSR count). The lowest BCUT2D eigenvalue weighted by atomic mass is 9.48. The number of esters is 1. The number of hydrogen-bond donors (Lipinski definition) is 1. The van der Waals surface area contributed by atoms with Crippen LogP contribution in [0.3, 0.4) is 0 Å². The van der Waals surface area contributed by atoms with Crippen LogP contribution in [0.15, 0.2) is 29.0 Å². The number of nitrogens with zero attached hydrogens (tertiary/aromatic N) is 1. The number of carbonyl (C=O) groups excluding carboxylic acids is 2. The second-order valence-corrected chi connectivity index (χ2v) is 11.5. The Labute approximate surface area is 187 Å². The smallest absolute Gasteiger partial charge is 0.350 e. The first-order valence-electron chi connectivity index (χ1n) is 11.4. The molecule has 6 heteroatoms. The normalized spacial score (nSPS) is 41.5. The van der Waals surface area contributed by atoms with Crippen molar-refractivity contribution in [3.8, 4) is 0 Å². The molecule has 3 fully saturated rings. The monoisotopic (exact) mass is 441 g/mol. The van der Waals surface area contributed by atoms with Gasteiger partial charge in [-0.05, 0) is 74.9 Å². The van der Waals surface area contributed by atoms with E-state index in [1.165, 1.54) is 16.9 Å². The van der Waals surface area contributed by atoms with E-state index < -0.39 is 0 Å². The van der Waals surface area contributed by atoms with E-state index in [-0.39, 0.29) is 34.4 Å². The van der Waals surface area contributed by atoms with Gasteiger partial charge >= 0.3 is 5.97 Å². The van der Waals surface area contributed by atoms with Crippen molar-refractivity contribution in [2.24, 2.45) is 34.5 Å². The summed E-state index contributed by atoms with van der Waals surface area (Å²) >= 11 is 1.35. The van der Waals surface area contributed by atoms with E-state index in [2.05, 4.69) is 25.8 Å². The van der Waals surface area contributed by atoms with E-state index in [4.69, 9.17) is 4.74 Å². The number of fused-ring (bicyclic) bond motifs is 5. The summed E-state index contributed by atoms with van der Waals surface area (Å²) in [5.74, 6) is 1.11. The van der Waals surface area contributed by atoms with Gasteiger partial charge in [0.05, 0.1) is 11.2 Å². The van der Waals surface area contributed by atoms with Gasteiger partial charge in [0, 0.05) is 10.8 Å². The van der Waals surface area contributed by atoms with Gasteiger partial charge in [0.15, 0.2) is 5.76 Å². The zero-order chi connectivity index (χ0) is 22.1. The second-order valence-electron chi connectivity index (χ2n) is 10.6. The molecule has 1 N–H and O–H groups in total. The lowest BCUT2D eigenvalue weighted by Gasteiger charge is -2.56. The topological polar surface area (TPSA) is 76.5 Å². The van der Waals surface area contributed by atoms with Gasteiger partial charge in [-0.3, -0.25) is 4.79 Å². The van der Waals surface area contributed by atoms with Crippen molar-refractivity contribution >= 4 is 23.1 Å². The second kappa shape index (κ2) is 7.03. The first-order chi connectivity index (χ1) is 14.6. The zero-order valence-corrected chi connectivity index (χ0v) is 19.5. The molecule has 1 aromatic heterocycles. The number of aliphatic hydroxyl groups excluding tert-OH is 1. The Balaban J connectivity index is 1.43. The van der Waals surface area contributed by atoms with Gasteiger partial charge in [0.1, 0.15) is 11.0 Å². The maximum Gasteiger partial charge on any atom is 0.350 e. The third-order valence-corrected chi connectivity index (χ3v) is 9.94. The molecule has 0 radical (unpaired) electrons. The molecule has 1 aromatic rings. The van der Waals surface area contributed by atoms with Gasteiger partial charge < -0.3 is 9.84 Å². The Bertz CT molecular complexity index is 1010. The van der Waals surface area contributed by atoms with Gasteiger partial charge in [-0.2, -0.15) is 0 Å². The van der Waals surface area contributed by atoms with Gasteiger partial charge in [0.25, 0.3) is 0 Å². The molecule has 0 amide bonds. The van der Waals surface area contributed by atoms with Crippen LogP contribution in [0, 0.1) is 41.4 Å². The number of hydrogen-bond acceptors (Lipinski definition) is 6. The van der Waals surface area contributed by atoms with Crippen LogP contribution in [-0.2, 0) is 9.53 Å². The molecule has 4 aliphatic rings. The molecule has 166 valence electrons. The number of allylic oxidation sites excluding steroid dienone is 3. The fraction of sp³-hybridized carbons (Fsp3) is 0.640. The Kier molecular flexibility index (Phi) is 4.74. The van der Waals surface area contributed by atoms with Crippen molar-refractivity contribution in [3.63, 3.8) is 0 Å². The molecule has 0 unspecified atom stereocenters. The number of aromatic nitrogens is 1. The summed E-state index contributed by atoms with van der Waals surface area (Å²) in [5.41, 5.74) is 3.33. The summed E-state index contributed by atoms with van der Waals surface area (Å²) in [6, 6.07) is 0. The summed E-state index contributed by atoms with van der Waals surface area (Å²) in [6.45, 7) is 8.59. The van der Waals surface area contributed by atoms with Gasteiger partial charge in [-0.25, -0.2) is 9.78 Å². The number of thiazole rings is 1. The first-order valence-corrected chi connectivity index (χ1v) is 12.3. The highest BCUT2D eigenvalue weighted by Gasteiger charge is 2.61. The molecule has 1 heterocycles. The Hall–Kier alpha value is -1.95. The number of aliphatic hydroxyl groups is 1. The van der Waals surface area contributed by atoms with Crippen molar-refractivity contribution < 1.29 is 19.4 Å². The van der Waals surface area contributed by atoms with E-state index in [1.807, 2.05) is 13.0 Å². The SMILES string of the molecule is Cc1ncsc1C(=O)O[C@@H]1[C@H](C)C[C@H]2[C@@H]3CCC4=CC(=O)C(O)=C[C@]4(C)[C@H]3CC[C@]12C. The van der Waals surface area contributed by atoms with E-state index >= 15 is 0 Å². The molecule has 5 nitrogen and oxygen atoms in total. The van der Waals surface area contributed by atoms with Crippen LogP contribution in [0.1, 0.15) is 68.2 Å². The lowest BCUT2D eigenvalue weighted by Crippen LogP contribution is -2.51. The number of aryl methyl sites for hydroxylation is 1. The molecule has 0 aliphatic heterocycles. The molecular formula is C25H31NO4S. The quantitative estimate of drug-likeness (QED) is 0.621. The first kappa shape index (κ1) is 20.9. The Morgan fingerprint density at radius 3 is 2.77 bits per heavy atom. The van der Waals surface area contributed by atoms with Gasteiger partial charge in [0.2, 0.25) is 5.78 Å². The minimum atomic E-state index is -0.258. The summed E-state index contributed by atoms with van der Waals surface area (Å²) < 4.78 is 6.19. The highest BCUT2D eigenvalue weighted by Crippen LogP contribution is 2.66. The van der Waals surface area contributed by atoms with E-state index in [0.717, 1.165) is 37.8 Å². The lowest BCUT2D eigenvalue weighted by molar-refractivity contribution is -0.114. The van der Waals surface area contributed by atoms with Crippen LogP contribution < -0.4 is 0 Å². The molecule has 0 spiro atoms. The fourth-order valence-electron chi connectivity index (χ4n) is 7.52. The van der Waals surface area contributed by atoms with Crippen LogP contribution in [-0.4, -0.2) is 27.9 Å². The van der Waals surface area contributed by atoms with Gasteiger partial charge in [-0.1, -0.05) is 26.3 Å². The highest BCUT2D eigenvalue weighted by atomic mass is 32.1. The molecule has 7 atom stereocenters. The van der Waals surface area contributed by atoms with Crippen molar-refractivity contribution in [3.05, 3.63) is 39.6 Å².